The van der Waals surface area contributed by atoms with Crippen molar-refractivity contribution in [1.29, 1.82) is 0 Å². The summed E-state index contributed by atoms with van der Waals surface area (Å²) >= 11 is 6.12. The smallest absolute Gasteiger partial charge is 0.315 e. The van der Waals surface area contributed by atoms with E-state index in [0.717, 1.165) is 25.0 Å². The Kier molecular flexibility index (Phi) is 5.26. The molecule has 0 radical (unpaired) electrons. The minimum atomic E-state index is -0.194. The average molecular weight is 297 g/mol. The van der Waals surface area contributed by atoms with Gasteiger partial charge >= 0.3 is 6.03 Å². The van der Waals surface area contributed by atoms with Gasteiger partial charge in [0.05, 0.1) is 18.2 Å². The molecule has 1 aliphatic rings. The lowest BCUT2D eigenvalue weighted by atomic mass is 10.1. The Morgan fingerprint density at radius 1 is 1.35 bits per heavy atom. The third-order valence-corrected chi connectivity index (χ3v) is 3.94. The van der Waals surface area contributed by atoms with Crippen LogP contribution in [0.4, 0.5) is 4.79 Å². The molecule has 0 spiro atoms. The van der Waals surface area contributed by atoms with E-state index in [2.05, 4.69) is 10.6 Å². The lowest BCUT2D eigenvalue weighted by Gasteiger charge is -2.22. The van der Waals surface area contributed by atoms with E-state index in [4.69, 9.17) is 16.3 Å². The van der Waals surface area contributed by atoms with Crippen molar-refractivity contribution in [3.8, 4) is 0 Å². The topological polar surface area (TPSA) is 50.4 Å². The number of amides is 2. The third kappa shape index (κ3) is 3.87. The van der Waals surface area contributed by atoms with Gasteiger partial charge < -0.3 is 15.4 Å². The molecule has 1 aromatic rings. The second-order valence-corrected chi connectivity index (χ2v) is 5.61. The van der Waals surface area contributed by atoms with E-state index in [9.17, 15) is 4.79 Å². The number of hydrogen-bond donors (Lipinski definition) is 2. The summed E-state index contributed by atoms with van der Waals surface area (Å²) in [6, 6.07) is 7.19. The SMILES string of the molecule is CC(NC(=O)NC(C)C1CCCO1)c1ccccc1Cl. The quantitative estimate of drug-likeness (QED) is 0.896. The molecule has 1 heterocycles. The van der Waals surface area contributed by atoms with E-state index in [1.807, 2.05) is 38.1 Å². The highest BCUT2D eigenvalue weighted by atomic mass is 35.5. The summed E-state index contributed by atoms with van der Waals surface area (Å²) in [5.41, 5.74) is 0.911. The van der Waals surface area contributed by atoms with E-state index in [-0.39, 0.29) is 24.2 Å². The van der Waals surface area contributed by atoms with Gasteiger partial charge in [-0.2, -0.15) is 0 Å². The maximum Gasteiger partial charge on any atom is 0.315 e. The molecule has 1 fully saturated rings. The van der Waals surface area contributed by atoms with Crippen LogP contribution in [-0.4, -0.2) is 24.8 Å². The first kappa shape index (κ1) is 15.1. The van der Waals surface area contributed by atoms with Crippen LogP contribution in [0, 0.1) is 0 Å². The lowest BCUT2D eigenvalue weighted by Crippen LogP contribution is -2.46. The summed E-state index contributed by atoms with van der Waals surface area (Å²) in [6.45, 7) is 4.67. The number of ether oxygens (including phenoxy) is 1. The molecule has 1 aliphatic heterocycles. The van der Waals surface area contributed by atoms with Crippen molar-refractivity contribution in [2.24, 2.45) is 0 Å². The van der Waals surface area contributed by atoms with Crippen molar-refractivity contribution >= 4 is 17.6 Å². The van der Waals surface area contributed by atoms with E-state index in [1.165, 1.54) is 0 Å². The van der Waals surface area contributed by atoms with Gasteiger partial charge in [0, 0.05) is 11.6 Å². The number of carbonyl (C=O) groups excluding carboxylic acids is 1. The Labute approximate surface area is 124 Å². The highest BCUT2D eigenvalue weighted by Crippen LogP contribution is 2.22. The molecule has 110 valence electrons. The molecule has 20 heavy (non-hydrogen) atoms. The molecule has 1 aromatic carbocycles. The molecule has 4 nitrogen and oxygen atoms in total. The van der Waals surface area contributed by atoms with Crippen molar-refractivity contribution in [3.63, 3.8) is 0 Å². The monoisotopic (exact) mass is 296 g/mol. The Balaban J connectivity index is 1.86. The zero-order valence-electron chi connectivity index (χ0n) is 11.9. The second kappa shape index (κ2) is 6.95. The van der Waals surface area contributed by atoms with Crippen LogP contribution in [0.5, 0.6) is 0 Å². The number of urea groups is 1. The molecule has 0 saturated carbocycles. The van der Waals surface area contributed by atoms with Crippen LogP contribution < -0.4 is 10.6 Å². The Bertz CT molecular complexity index is 461. The van der Waals surface area contributed by atoms with E-state index >= 15 is 0 Å². The highest BCUT2D eigenvalue weighted by molar-refractivity contribution is 6.31. The molecule has 5 heteroatoms. The summed E-state index contributed by atoms with van der Waals surface area (Å²) in [5.74, 6) is 0. The third-order valence-electron chi connectivity index (χ3n) is 3.60. The van der Waals surface area contributed by atoms with Crippen LogP contribution >= 0.6 is 11.6 Å². The van der Waals surface area contributed by atoms with Gasteiger partial charge in [-0.05, 0) is 38.3 Å². The maximum absolute atomic E-state index is 12.0. The van der Waals surface area contributed by atoms with Crippen molar-refractivity contribution in [3.05, 3.63) is 34.9 Å². The molecule has 0 aromatic heterocycles. The van der Waals surface area contributed by atoms with Crippen molar-refractivity contribution < 1.29 is 9.53 Å². The molecule has 2 amide bonds. The van der Waals surface area contributed by atoms with Crippen molar-refractivity contribution in [2.45, 2.75) is 44.9 Å². The minimum Gasteiger partial charge on any atom is -0.376 e. The standard InChI is InChI=1S/C15H21ClN2O2/c1-10(12-6-3-4-7-13(12)16)17-15(19)18-11(2)14-8-5-9-20-14/h3-4,6-7,10-11,14H,5,8-9H2,1-2H3,(H2,17,18,19). The summed E-state index contributed by atoms with van der Waals surface area (Å²) < 4.78 is 5.56. The van der Waals surface area contributed by atoms with Gasteiger partial charge in [0.15, 0.2) is 0 Å². The molecular weight excluding hydrogens is 276 g/mol. The van der Waals surface area contributed by atoms with Crippen molar-refractivity contribution in [1.82, 2.24) is 10.6 Å². The van der Waals surface area contributed by atoms with Gasteiger partial charge in [-0.1, -0.05) is 29.8 Å². The van der Waals surface area contributed by atoms with Crippen molar-refractivity contribution in [2.75, 3.05) is 6.61 Å². The predicted octanol–water partition coefficient (Wildman–Crippen LogP) is 3.27. The molecule has 2 N–H and O–H groups in total. The summed E-state index contributed by atoms with van der Waals surface area (Å²) in [4.78, 5) is 12.0. The normalized spacial score (nSPS) is 21.2. The Morgan fingerprint density at radius 3 is 2.75 bits per heavy atom. The fourth-order valence-corrected chi connectivity index (χ4v) is 2.74. The van der Waals surface area contributed by atoms with Crippen LogP contribution in [-0.2, 0) is 4.74 Å². The van der Waals surface area contributed by atoms with Crippen LogP contribution in [0.15, 0.2) is 24.3 Å². The van der Waals surface area contributed by atoms with E-state index in [1.54, 1.807) is 0 Å². The zero-order chi connectivity index (χ0) is 14.5. The zero-order valence-corrected chi connectivity index (χ0v) is 12.6. The lowest BCUT2D eigenvalue weighted by molar-refractivity contribution is 0.0859. The molecule has 3 unspecified atom stereocenters. The van der Waals surface area contributed by atoms with E-state index < -0.39 is 0 Å². The predicted molar refractivity (Wildman–Crippen MR) is 80.0 cm³/mol. The summed E-state index contributed by atoms with van der Waals surface area (Å²) in [5, 5.41) is 6.48. The Morgan fingerprint density at radius 2 is 2.10 bits per heavy atom. The fourth-order valence-electron chi connectivity index (χ4n) is 2.44. The first-order chi connectivity index (χ1) is 9.58. The number of nitrogens with one attached hydrogen (secondary N) is 2. The molecule has 1 saturated heterocycles. The number of halogens is 1. The van der Waals surface area contributed by atoms with Crippen LogP contribution in [0.3, 0.4) is 0 Å². The molecule has 2 rings (SSSR count). The second-order valence-electron chi connectivity index (χ2n) is 5.20. The average Bonchev–Trinajstić information content (AvgIpc) is 2.92. The van der Waals surface area contributed by atoms with Gasteiger partial charge in [-0.3, -0.25) is 0 Å². The molecule has 0 aliphatic carbocycles. The largest absolute Gasteiger partial charge is 0.376 e. The van der Waals surface area contributed by atoms with Gasteiger partial charge in [0.2, 0.25) is 0 Å². The van der Waals surface area contributed by atoms with Crippen LogP contribution in [0.2, 0.25) is 5.02 Å². The number of hydrogen-bond acceptors (Lipinski definition) is 2. The summed E-state index contributed by atoms with van der Waals surface area (Å²) in [7, 11) is 0. The van der Waals surface area contributed by atoms with Gasteiger partial charge in [0.25, 0.3) is 0 Å². The van der Waals surface area contributed by atoms with Crippen LogP contribution in [0.25, 0.3) is 0 Å². The van der Waals surface area contributed by atoms with Gasteiger partial charge in [0.1, 0.15) is 0 Å². The van der Waals surface area contributed by atoms with E-state index in [0.29, 0.717) is 5.02 Å². The molecule has 3 atom stereocenters. The number of carbonyl (C=O) groups is 1. The minimum absolute atomic E-state index is 0.0101. The van der Waals surface area contributed by atoms with Gasteiger partial charge in [-0.25, -0.2) is 4.79 Å². The summed E-state index contributed by atoms with van der Waals surface area (Å²) in [6.07, 6.45) is 2.19. The number of rotatable bonds is 4. The van der Waals surface area contributed by atoms with Crippen LogP contribution in [0.1, 0.15) is 38.3 Å². The first-order valence-electron chi connectivity index (χ1n) is 7.01. The van der Waals surface area contributed by atoms with Gasteiger partial charge in [-0.15, -0.1) is 0 Å². The fraction of sp³-hybridized carbons (Fsp3) is 0.533. The molecule has 0 bridgehead atoms. The number of benzene rings is 1. The molecular formula is C15H21ClN2O2. The first-order valence-corrected chi connectivity index (χ1v) is 7.39. The maximum atomic E-state index is 12.0. The Hall–Kier alpha value is -1.26. The highest BCUT2D eigenvalue weighted by Gasteiger charge is 2.24.